The lowest BCUT2D eigenvalue weighted by molar-refractivity contribution is 0.0699. The van der Waals surface area contributed by atoms with Crippen molar-refractivity contribution >= 4 is 22.3 Å². The summed E-state index contributed by atoms with van der Waals surface area (Å²) >= 11 is 1.17. The number of carboxylic acid groups (broad SMARTS) is 1. The topological polar surface area (TPSA) is 63.8 Å². The molecule has 2 heterocycles. The molecule has 3 aromatic rings. The van der Waals surface area contributed by atoms with Crippen LogP contribution in [-0.4, -0.2) is 20.5 Å². The summed E-state index contributed by atoms with van der Waals surface area (Å²) in [6, 6.07) is 5.93. The summed E-state index contributed by atoms with van der Waals surface area (Å²) in [5.41, 5.74) is 3.60. The third kappa shape index (κ3) is 2.35. The summed E-state index contributed by atoms with van der Waals surface area (Å²) in [6.07, 6.45) is 1.74. The van der Waals surface area contributed by atoms with Crippen LogP contribution in [-0.2, 0) is 6.61 Å². The van der Waals surface area contributed by atoms with Gasteiger partial charge in [-0.25, -0.2) is 9.78 Å². The molecule has 3 rings (SSSR count). The van der Waals surface area contributed by atoms with Crippen LogP contribution in [0.2, 0.25) is 0 Å². The second-order valence-electron chi connectivity index (χ2n) is 5.21. The van der Waals surface area contributed by atoms with E-state index in [1.165, 1.54) is 11.3 Å². The van der Waals surface area contributed by atoms with Crippen molar-refractivity contribution in [3.05, 3.63) is 51.8 Å². The number of carboxylic acids is 1. The van der Waals surface area contributed by atoms with Gasteiger partial charge in [0.05, 0.1) is 5.69 Å². The van der Waals surface area contributed by atoms with Crippen molar-refractivity contribution in [2.75, 3.05) is 0 Å². The molecular formula is C16H16N2O3S. The minimum absolute atomic E-state index is 0.199. The Kier molecular flexibility index (Phi) is 3.62. The SMILES string of the molecule is Cc1cccc(C)c1OCc1c(C(=O)O)sc2ncc(C)n12. The van der Waals surface area contributed by atoms with E-state index < -0.39 is 5.97 Å². The number of fused-ring (bicyclic) bond motifs is 1. The molecule has 6 heteroatoms. The highest BCUT2D eigenvalue weighted by molar-refractivity contribution is 7.19. The Bertz CT molecular complexity index is 844. The fourth-order valence-electron chi connectivity index (χ4n) is 2.53. The number of imidazole rings is 1. The van der Waals surface area contributed by atoms with E-state index in [1.807, 2.05) is 43.4 Å². The van der Waals surface area contributed by atoms with Crippen LogP contribution < -0.4 is 4.74 Å². The molecular weight excluding hydrogens is 300 g/mol. The number of thiazole rings is 1. The Labute approximate surface area is 131 Å². The lowest BCUT2D eigenvalue weighted by atomic mass is 10.1. The first-order chi connectivity index (χ1) is 10.5. The number of aromatic carboxylic acids is 1. The van der Waals surface area contributed by atoms with Crippen molar-refractivity contribution < 1.29 is 14.6 Å². The van der Waals surface area contributed by atoms with Crippen LogP contribution in [0.15, 0.2) is 24.4 Å². The molecule has 0 amide bonds. The molecule has 114 valence electrons. The highest BCUT2D eigenvalue weighted by atomic mass is 32.1. The molecule has 0 aliphatic heterocycles. The van der Waals surface area contributed by atoms with Crippen LogP contribution in [0.5, 0.6) is 5.75 Å². The summed E-state index contributed by atoms with van der Waals surface area (Å²) in [7, 11) is 0. The highest BCUT2D eigenvalue weighted by Crippen LogP contribution is 2.28. The maximum atomic E-state index is 11.5. The first-order valence-corrected chi connectivity index (χ1v) is 7.68. The number of hydrogen-bond donors (Lipinski definition) is 1. The molecule has 0 unspecified atom stereocenters. The summed E-state index contributed by atoms with van der Waals surface area (Å²) in [6.45, 7) is 6.06. The number of benzene rings is 1. The van der Waals surface area contributed by atoms with Crippen LogP contribution in [0, 0.1) is 20.8 Å². The van der Waals surface area contributed by atoms with Gasteiger partial charge >= 0.3 is 5.97 Å². The second kappa shape index (κ2) is 5.46. The van der Waals surface area contributed by atoms with Gasteiger partial charge in [-0.05, 0) is 31.9 Å². The quantitative estimate of drug-likeness (QED) is 0.799. The zero-order chi connectivity index (χ0) is 15.9. The van der Waals surface area contributed by atoms with Gasteiger partial charge in [-0.3, -0.25) is 4.40 Å². The Morgan fingerprint density at radius 3 is 2.64 bits per heavy atom. The molecule has 0 spiro atoms. The fourth-order valence-corrected chi connectivity index (χ4v) is 3.52. The van der Waals surface area contributed by atoms with Gasteiger partial charge in [0.1, 0.15) is 17.2 Å². The molecule has 0 aliphatic rings. The number of aromatic nitrogens is 2. The zero-order valence-electron chi connectivity index (χ0n) is 12.6. The third-order valence-electron chi connectivity index (χ3n) is 3.59. The van der Waals surface area contributed by atoms with Gasteiger partial charge < -0.3 is 9.84 Å². The van der Waals surface area contributed by atoms with Crippen molar-refractivity contribution in [2.24, 2.45) is 0 Å². The molecule has 0 radical (unpaired) electrons. The third-order valence-corrected chi connectivity index (χ3v) is 4.67. The summed E-state index contributed by atoms with van der Waals surface area (Å²) in [5.74, 6) is -0.147. The number of rotatable bonds is 4. The second-order valence-corrected chi connectivity index (χ2v) is 6.19. The van der Waals surface area contributed by atoms with Gasteiger partial charge in [-0.1, -0.05) is 29.5 Å². The first-order valence-electron chi connectivity index (χ1n) is 6.87. The van der Waals surface area contributed by atoms with Gasteiger partial charge in [0.25, 0.3) is 0 Å². The van der Waals surface area contributed by atoms with Crippen molar-refractivity contribution in [2.45, 2.75) is 27.4 Å². The normalized spacial score (nSPS) is 11.0. The monoisotopic (exact) mass is 316 g/mol. The number of nitrogens with zero attached hydrogens (tertiary/aromatic N) is 2. The van der Waals surface area contributed by atoms with Crippen LogP contribution in [0.25, 0.3) is 4.96 Å². The number of ether oxygens (including phenoxy) is 1. The van der Waals surface area contributed by atoms with Gasteiger partial charge in [0.2, 0.25) is 0 Å². The molecule has 0 aliphatic carbocycles. The lowest BCUT2D eigenvalue weighted by Gasteiger charge is -2.12. The van der Waals surface area contributed by atoms with Gasteiger partial charge in [-0.2, -0.15) is 0 Å². The summed E-state index contributed by atoms with van der Waals surface area (Å²) < 4.78 is 7.78. The number of aryl methyl sites for hydroxylation is 3. The van der Waals surface area contributed by atoms with Crippen molar-refractivity contribution in [3.8, 4) is 5.75 Å². The molecule has 0 fully saturated rings. The highest BCUT2D eigenvalue weighted by Gasteiger charge is 2.21. The molecule has 22 heavy (non-hydrogen) atoms. The molecule has 0 bridgehead atoms. The van der Waals surface area contributed by atoms with Crippen LogP contribution in [0.4, 0.5) is 0 Å². The lowest BCUT2D eigenvalue weighted by Crippen LogP contribution is -2.07. The predicted molar refractivity (Wildman–Crippen MR) is 85.0 cm³/mol. The average Bonchev–Trinajstić information content (AvgIpc) is 2.99. The van der Waals surface area contributed by atoms with Gasteiger partial charge in [0.15, 0.2) is 4.96 Å². The first kappa shape index (κ1) is 14.6. The molecule has 1 aromatic carbocycles. The van der Waals surface area contributed by atoms with E-state index in [4.69, 9.17) is 4.74 Å². The fraction of sp³-hybridized carbons (Fsp3) is 0.250. The van der Waals surface area contributed by atoms with Crippen molar-refractivity contribution in [3.63, 3.8) is 0 Å². The van der Waals surface area contributed by atoms with Crippen molar-refractivity contribution in [1.82, 2.24) is 9.38 Å². The Balaban J connectivity index is 2.01. The van der Waals surface area contributed by atoms with Crippen LogP contribution in [0.3, 0.4) is 0 Å². The van der Waals surface area contributed by atoms with Crippen molar-refractivity contribution in [1.29, 1.82) is 0 Å². The summed E-state index contributed by atoms with van der Waals surface area (Å²) in [4.78, 5) is 16.6. The molecule has 0 atom stereocenters. The maximum absolute atomic E-state index is 11.5. The van der Waals surface area contributed by atoms with Crippen LogP contribution >= 0.6 is 11.3 Å². The number of hydrogen-bond acceptors (Lipinski definition) is 4. The van der Waals surface area contributed by atoms with E-state index in [0.717, 1.165) is 22.6 Å². The molecule has 2 aromatic heterocycles. The van der Waals surface area contributed by atoms with E-state index in [2.05, 4.69) is 4.98 Å². The molecule has 5 nitrogen and oxygen atoms in total. The Morgan fingerprint density at radius 1 is 1.32 bits per heavy atom. The molecule has 0 saturated heterocycles. The molecule has 0 saturated carbocycles. The smallest absolute Gasteiger partial charge is 0.347 e. The zero-order valence-corrected chi connectivity index (χ0v) is 13.4. The average molecular weight is 316 g/mol. The minimum atomic E-state index is -0.949. The number of carbonyl (C=O) groups is 1. The van der Waals surface area contributed by atoms with E-state index in [0.29, 0.717) is 10.7 Å². The largest absolute Gasteiger partial charge is 0.487 e. The predicted octanol–water partition coefficient (Wildman–Crippen LogP) is 3.60. The van der Waals surface area contributed by atoms with E-state index in [-0.39, 0.29) is 11.5 Å². The Morgan fingerprint density at radius 2 is 2.00 bits per heavy atom. The number of para-hydroxylation sites is 1. The summed E-state index contributed by atoms with van der Waals surface area (Å²) in [5, 5.41) is 9.40. The van der Waals surface area contributed by atoms with Gasteiger partial charge in [0, 0.05) is 11.9 Å². The van der Waals surface area contributed by atoms with E-state index >= 15 is 0 Å². The van der Waals surface area contributed by atoms with E-state index in [9.17, 15) is 9.90 Å². The minimum Gasteiger partial charge on any atom is -0.487 e. The van der Waals surface area contributed by atoms with Gasteiger partial charge in [-0.15, -0.1) is 0 Å². The standard InChI is InChI=1S/C16H16N2O3S/c1-9-5-4-6-10(2)13(9)21-8-12-14(15(19)20)22-16-17-7-11(3)18(12)16/h4-7H,8H2,1-3H3,(H,19,20). The van der Waals surface area contributed by atoms with Crippen LogP contribution in [0.1, 0.15) is 32.2 Å². The maximum Gasteiger partial charge on any atom is 0.347 e. The van der Waals surface area contributed by atoms with E-state index in [1.54, 1.807) is 6.20 Å². The Hall–Kier alpha value is -2.34. The molecule has 1 N–H and O–H groups in total.